The molecule has 0 saturated carbocycles. The standard InChI is InChI=1S/C26H24F3N5O/c1-18-2-3-20(14-19(18)4-7-23-16-31-8-9-32-23)25(35)33-22-6-5-21(24(15-22)26(27,28)29)17-34-12-10-30-11-13-34/h2-3,5-6,8-9,14-16,30H,10-13,17H2,1H3,(H,33,35). The molecule has 1 amide bonds. The summed E-state index contributed by atoms with van der Waals surface area (Å²) in [7, 11) is 0. The van der Waals surface area contributed by atoms with Gasteiger partial charge in [-0.2, -0.15) is 13.2 Å². The predicted octanol–water partition coefficient (Wildman–Crippen LogP) is 3.86. The largest absolute Gasteiger partial charge is 0.416 e. The van der Waals surface area contributed by atoms with E-state index in [1.807, 2.05) is 11.8 Å². The van der Waals surface area contributed by atoms with Crippen molar-refractivity contribution in [1.82, 2.24) is 20.2 Å². The molecule has 180 valence electrons. The maximum Gasteiger partial charge on any atom is 0.416 e. The molecule has 3 aromatic rings. The summed E-state index contributed by atoms with van der Waals surface area (Å²) >= 11 is 0. The fraction of sp³-hybridized carbons (Fsp3) is 0.269. The van der Waals surface area contributed by atoms with Crippen molar-refractivity contribution >= 4 is 11.6 Å². The number of piperazine rings is 1. The number of hydrogen-bond donors (Lipinski definition) is 2. The van der Waals surface area contributed by atoms with Gasteiger partial charge in [0.1, 0.15) is 5.69 Å². The van der Waals surface area contributed by atoms with E-state index in [-0.39, 0.29) is 23.4 Å². The zero-order valence-electron chi connectivity index (χ0n) is 19.1. The monoisotopic (exact) mass is 479 g/mol. The smallest absolute Gasteiger partial charge is 0.322 e. The minimum Gasteiger partial charge on any atom is -0.322 e. The number of aromatic nitrogens is 2. The van der Waals surface area contributed by atoms with Gasteiger partial charge < -0.3 is 10.6 Å². The first-order valence-electron chi connectivity index (χ1n) is 11.1. The minimum atomic E-state index is -4.53. The van der Waals surface area contributed by atoms with Gasteiger partial charge in [-0.05, 0) is 48.2 Å². The molecule has 1 saturated heterocycles. The Kier molecular flexibility index (Phi) is 7.44. The second-order valence-electron chi connectivity index (χ2n) is 8.22. The van der Waals surface area contributed by atoms with Crippen LogP contribution in [-0.2, 0) is 12.7 Å². The Morgan fingerprint density at radius 2 is 1.91 bits per heavy atom. The highest BCUT2D eigenvalue weighted by Gasteiger charge is 2.34. The van der Waals surface area contributed by atoms with Gasteiger partial charge >= 0.3 is 6.18 Å². The minimum absolute atomic E-state index is 0.0826. The van der Waals surface area contributed by atoms with E-state index >= 15 is 0 Å². The van der Waals surface area contributed by atoms with Gasteiger partial charge in [-0.1, -0.05) is 18.1 Å². The highest BCUT2D eigenvalue weighted by molar-refractivity contribution is 6.04. The highest BCUT2D eigenvalue weighted by atomic mass is 19.4. The quantitative estimate of drug-likeness (QED) is 0.557. The van der Waals surface area contributed by atoms with Gasteiger partial charge in [0.15, 0.2) is 0 Å². The maximum absolute atomic E-state index is 13.8. The molecule has 2 N–H and O–H groups in total. The zero-order chi connectivity index (χ0) is 24.8. The molecule has 0 aliphatic carbocycles. The van der Waals surface area contributed by atoms with Crippen LogP contribution in [0.2, 0.25) is 0 Å². The number of halogens is 3. The van der Waals surface area contributed by atoms with Crippen molar-refractivity contribution in [3.63, 3.8) is 0 Å². The summed E-state index contributed by atoms with van der Waals surface area (Å²) in [6.45, 7) is 4.93. The molecule has 1 aliphatic rings. The number of amides is 1. The SMILES string of the molecule is Cc1ccc(C(=O)Nc2ccc(CN3CCNCC3)c(C(F)(F)F)c2)cc1C#Cc1cnccn1. The van der Waals surface area contributed by atoms with Gasteiger partial charge in [0.2, 0.25) is 0 Å². The molecular formula is C26H24F3N5O. The maximum atomic E-state index is 13.8. The van der Waals surface area contributed by atoms with E-state index < -0.39 is 17.6 Å². The number of carbonyl (C=O) groups excluding carboxylic acids is 1. The molecular weight excluding hydrogens is 455 g/mol. The molecule has 0 unspecified atom stereocenters. The van der Waals surface area contributed by atoms with Crippen molar-refractivity contribution in [3.05, 3.63) is 88.5 Å². The third kappa shape index (κ3) is 6.44. The van der Waals surface area contributed by atoms with E-state index in [9.17, 15) is 18.0 Å². The van der Waals surface area contributed by atoms with E-state index in [1.165, 1.54) is 24.5 Å². The summed E-state index contributed by atoms with van der Waals surface area (Å²) in [6, 6.07) is 8.91. The topological polar surface area (TPSA) is 70.2 Å². The first-order chi connectivity index (χ1) is 16.8. The first kappa shape index (κ1) is 24.4. The Morgan fingerprint density at radius 1 is 1.11 bits per heavy atom. The number of alkyl halides is 3. The molecule has 2 heterocycles. The number of anilines is 1. The zero-order valence-corrected chi connectivity index (χ0v) is 19.1. The van der Waals surface area contributed by atoms with Crippen molar-refractivity contribution in [3.8, 4) is 11.8 Å². The van der Waals surface area contributed by atoms with Gasteiger partial charge in [0, 0.05) is 61.9 Å². The predicted molar refractivity (Wildman–Crippen MR) is 127 cm³/mol. The fourth-order valence-electron chi connectivity index (χ4n) is 3.76. The highest BCUT2D eigenvalue weighted by Crippen LogP contribution is 2.34. The van der Waals surface area contributed by atoms with Crippen molar-refractivity contribution < 1.29 is 18.0 Å². The molecule has 2 aromatic carbocycles. The van der Waals surface area contributed by atoms with E-state index in [2.05, 4.69) is 32.4 Å². The van der Waals surface area contributed by atoms with Gasteiger partial charge in [0.25, 0.3) is 5.91 Å². The lowest BCUT2D eigenvalue weighted by Crippen LogP contribution is -2.43. The molecule has 35 heavy (non-hydrogen) atoms. The molecule has 0 radical (unpaired) electrons. The molecule has 0 atom stereocenters. The van der Waals surface area contributed by atoms with Crippen LogP contribution in [0, 0.1) is 18.8 Å². The lowest BCUT2D eigenvalue weighted by molar-refractivity contribution is -0.138. The molecule has 1 aromatic heterocycles. The van der Waals surface area contributed by atoms with Gasteiger partial charge in [-0.15, -0.1) is 0 Å². The Bertz CT molecular complexity index is 1260. The molecule has 9 heteroatoms. The molecule has 0 spiro atoms. The summed E-state index contributed by atoms with van der Waals surface area (Å²) < 4.78 is 41.4. The van der Waals surface area contributed by atoms with Crippen molar-refractivity contribution in [1.29, 1.82) is 0 Å². The number of benzene rings is 2. The van der Waals surface area contributed by atoms with Crippen LogP contribution < -0.4 is 10.6 Å². The van der Waals surface area contributed by atoms with E-state index in [4.69, 9.17) is 0 Å². The Balaban J connectivity index is 1.54. The van der Waals surface area contributed by atoms with E-state index in [1.54, 1.807) is 24.4 Å². The van der Waals surface area contributed by atoms with Crippen LogP contribution >= 0.6 is 0 Å². The van der Waals surface area contributed by atoms with Crippen molar-refractivity contribution in [2.45, 2.75) is 19.6 Å². The summed E-state index contributed by atoms with van der Waals surface area (Å²) in [5, 5.41) is 5.78. The van der Waals surface area contributed by atoms with E-state index in [0.717, 1.165) is 24.7 Å². The fourth-order valence-corrected chi connectivity index (χ4v) is 3.76. The normalized spacial score (nSPS) is 14.2. The van der Waals surface area contributed by atoms with Crippen LogP contribution in [0.5, 0.6) is 0 Å². The molecule has 6 nitrogen and oxygen atoms in total. The number of carbonyl (C=O) groups is 1. The second-order valence-corrected chi connectivity index (χ2v) is 8.22. The third-order valence-electron chi connectivity index (χ3n) is 5.66. The van der Waals surface area contributed by atoms with Crippen LogP contribution in [0.1, 0.15) is 38.3 Å². The lowest BCUT2D eigenvalue weighted by atomic mass is 10.0. The Labute approximate surface area is 201 Å². The average Bonchev–Trinajstić information content (AvgIpc) is 2.85. The number of rotatable bonds is 4. The van der Waals surface area contributed by atoms with E-state index in [0.29, 0.717) is 24.3 Å². The first-order valence-corrected chi connectivity index (χ1v) is 11.1. The van der Waals surface area contributed by atoms with Crippen molar-refractivity contribution in [2.24, 2.45) is 0 Å². The molecule has 4 rings (SSSR count). The number of nitrogens with one attached hydrogen (secondary N) is 2. The van der Waals surface area contributed by atoms with Crippen LogP contribution in [0.3, 0.4) is 0 Å². The summed E-state index contributed by atoms with van der Waals surface area (Å²) in [6.07, 6.45) is 0.0776. The average molecular weight is 480 g/mol. The molecule has 0 bridgehead atoms. The van der Waals surface area contributed by atoms with Crippen LogP contribution in [0.4, 0.5) is 18.9 Å². The summed E-state index contributed by atoms with van der Waals surface area (Å²) in [5.41, 5.74) is 1.78. The van der Waals surface area contributed by atoms with Gasteiger partial charge in [-0.25, -0.2) is 4.98 Å². The summed E-state index contributed by atoms with van der Waals surface area (Å²) in [4.78, 5) is 22.9. The van der Waals surface area contributed by atoms with Crippen LogP contribution in [0.25, 0.3) is 0 Å². The third-order valence-corrected chi connectivity index (χ3v) is 5.66. The Hall–Kier alpha value is -3.74. The molecule has 1 aliphatic heterocycles. The van der Waals surface area contributed by atoms with Crippen LogP contribution in [-0.4, -0.2) is 47.0 Å². The lowest BCUT2D eigenvalue weighted by Gasteiger charge is -2.28. The number of aryl methyl sites for hydroxylation is 1. The second kappa shape index (κ2) is 10.7. The van der Waals surface area contributed by atoms with Crippen molar-refractivity contribution in [2.75, 3.05) is 31.5 Å². The number of nitrogens with zero attached hydrogens (tertiary/aromatic N) is 3. The Morgan fingerprint density at radius 3 is 2.63 bits per heavy atom. The molecule has 1 fully saturated rings. The summed E-state index contributed by atoms with van der Waals surface area (Å²) in [5.74, 6) is 5.35. The van der Waals surface area contributed by atoms with Gasteiger partial charge in [0.05, 0.1) is 11.8 Å². The number of hydrogen-bond acceptors (Lipinski definition) is 5. The van der Waals surface area contributed by atoms with Crippen LogP contribution in [0.15, 0.2) is 55.0 Å². The van der Waals surface area contributed by atoms with Gasteiger partial charge in [-0.3, -0.25) is 14.7 Å².